The molecule has 0 heterocycles. The molecule has 0 bridgehead atoms. The van der Waals surface area contributed by atoms with Crippen LogP contribution in [0.25, 0.3) is 0 Å². The molecule has 0 saturated carbocycles. The van der Waals surface area contributed by atoms with E-state index in [-0.39, 0.29) is 11.8 Å². The molecule has 0 aliphatic rings. The number of ether oxygens (including phenoxy) is 1. The van der Waals surface area contributed by atoms with Gasteiger partial charge < -0.3 is 15.4 Å². The molecule has 4 aromatic rings. The predicted octanol–water partition coefficient (Wildman–Crippen LogP) is 5.45. The summed E-state index contributed by atoms with van der Waals surface area (Å²) in [6.45, 7) is 0.752. The van der Waals surface area contributed by atoms with Crippen LogP contribution in [0, 0.1) is 0 Å². The number of anilines is 1. The van der Waals surface area contributed by atoms with Gasteiger partial charge >= 0.3 is 0 Å². The van der Waals surface area contributed by atoms with E-state index in [0.717, 1.165) is 11.1 Å². The van der Waals surface area contributed by atoms with Crippen molar-refractivity contribution in [2.24, 2.45) is 0 Å². The predicted molar refractivity (Wildman–Crippen MR) is 129 cm³/mol. The quantitative estimate of drug-likeness (QED) is 0.386. The van der Waals surface area contributed by atoms with E-state index in [1.165, 1.54) is 0 Å². The van der Waals surface area contributed by atoms with Crippen molar-refractivity contribution in [1.82, 2.24) is 5.32 Å². The fourth-order valence-electron chi connectivity index (χ4n) is 3.37. The van der Waals surface area contributed by atoms with Crippen molar-refractivity contribution in [1.29, 1.82) is 0 Å². The van der Waals surface area contributed by atoms with Crippen LogP contribution in [-0.4, -0.2) is 11.8 Å². The second-order valence-corrected chi connectivity index (χ2v) is 7.44. The van der Waals surface area contributed by atoms with E-state index in [0.29, 0.717) is 35.7 Å². The van der Waals surface area contributed by atoms with E-state index in [1.54, 1.807) is 42.5 Å². The van der Waals surface area contributed by atoms with Gasteiger partial charge in [0.15, 0.2) is 0 Å². The van der Waals surface area contributed by atoms with E-state index in [9.17, 15) is 9.59 Å². The van der Waals surface area contributed by atoms with Crippen LogP contribution in [0.15, 0.2) is 109 Å². The van der Waals surface area contributed by atoms with Crippen LogP contribution in [0.3, 0.4) is 0 Å². The molecule has 4 aromatic carbocycles. The average molecular weight is 437 g/mol. The van der Waals surface area contributed by atoms with Crippen molar-refractivity contribution in [3.63, 3.8) is 0 Å². The molecule has 0 aromatic heterocycles. The molecule has 0 spiro atoms. The summed E-state index contributed by atoms with van der Waals surface area (Å²) in [5.74, 6) is -0.129. The maximum absolute atomic E-state index is 13.1. The van der Waals surface area contributed by atoms with E-state index in [4.69, 9.17) is 4.74 Å². The molecule has 0 radical (unpaired) electrons. The Balaban J connectivity index is 1.46. The smallest absolute Gasteiger partial charge is 0.259 e. The molecule has 5 heteroatoms. The highest BCUT2D eigenvalue weighted by Crippen LogP contribution is 2.22. The first-order valence-corrected chi connectivity index (χ1v) is 10.7. The Hall–Kier alpha value is -4.38. The highest BCUT2D eigenvalue weighted by molar-refractivity contribution is 6.10. The fraction of sp³-hybridized carbons (Fsp3) is 0.0714. The van der Waals surface area contributed by atoms with Crippen molar-refractivity contribution in [2.45, 2.75) is 13.2 Å². The van der Waals surface area contributed by atoms with Crippen LogP contribution in [-0.2, 0) is 13.2 Å². The molecule has 0 aliphatic carbocycles. The number of carbonyl (C=O) groups is 2. The van der Waals surface area contributed by atoms with Crippen molar-refractivity contribution >= 4 is 17.5 Å². The lowest BCUT2D eigenvalue weighted by atomic mass is 10.1. The van der Waals surface area contributed by atoms with Crippen LogP contribution in [0.5, 0.6) is 5.75 Å². The summed E-state index contributed by atoms with van der Waals surface area (Å²) in [5.41, 5.74) is 3.23. The van der Waals surface area contributed by atoms with Gasteiger partial charge in [-0.3, -0.25) is 9.59 Å². The molecule has 0 atom stereocenters. The molecule has 2 N–H and O–H groups in total. The summed E-state index contributed by atoms with van der Waals surface area (Å²) >= 11 is 0. The number of carbonyl (C=O) groups excluding carboxylic acids is 2. The summed E-state index contributed by atoms with van der Waals surface area (Å²) < 4.78 is 5.91. The molecule has 0 fully saturated rings. The van der Waals surface area contributed by atoms with Crippen LogP contribution in [0.2, 0.25) is 0 Å². The number of benzene rings is 4. The fourth-order valence-corrected chi connectivity index (χ4v) is 3.37. The summed E-state index contributed by atoms with van der Waals surface area (Å²) in [4.78, 5) is 25.9. The third kappa shape index (κ3) is 5.86. The van der Waals surface area contributed by atoms with Gasteiger partial charge in [0.25, 0.3) is 11.8 Å². The van der Waals surface area contributed by atoms with Crippen LogP contribution in [0.4, 0.5) is 5.69 Å². The SMILES string of the molecule is O=C(NCc1ccccc1)c1ccccc1NC(=O)c1ccccc1OCc1ccccc1. The number of rotatable bonds is 8. The summed E-state index contributed by atoms with van der Waals surface area (Å²) in [7, 11) is 0. The molecule has 0 saturated heterocycles. The lowest BCUT2D eigenvalue weighted by Crippen LogP contribution is -2.25. The van der Waals surface area contributed by atoms with Gasteiger partial charge in [-0.1, -0.05) is 84.9 Å². The lowest BCUT2D eigenvalue weighted by molar-refractivity contribution is 0.0952. The molecule has 0 unspecified atom stereocenters. The normalized spacial score (nSPS) is 10.3. The van der Waals surface area contributed by atoms with Crippen LogP contribution < -0.4 is 15.4 Å². The second-order valence-electron chi connectivity index (χ2n) is 7.44. The largest absolute Gasteiger partial charge is 0.488 e. The zero-order valence-corrected chi connectivity index (χ0v) is 18.0. The Morgan fingerprint density at radius 1 is 0.606 bits per heavy atom. The van der Waals surface area contributed by atoms with Crippen LogP contribution in [0.1, 0.15) is 31.8 Å². The number of hydrogen-bond acceptors (Lipinski definition) is 3. The van der Waals surface area contributed by atoms with Crippen LogP contribution >= 0.6 is 0 Å². The first kappa shape index (κ1) is 21.8. The van der Waals surface area contributed by atoms with Crippen molar-refractivity contribution in [3.8, 4) is 5.75 Å². The Kier molecular flexibility index (Phi) is 7.13. The Labute approximate surface area is 193 Å². The third-order valence-electron chi connectivity index (χ3n) is 5.08. The van der Waals surface area contributed by atoms with Gasteiger partial charge in [-0.15, -0.1) is 0 Å². The molecule has 164 valence electrons. The molecule has 2 amide bonds. The number of hydrogen-bond donors (Lipinski definition) is 2. The molecule has 5 nitrogen and oxygen atoms in total. The van der Waals surface area contributed by atoms with Gasteiger partial charge in [-0.25, -0.2) is 0 Å². The van der Waals surface area contributed by atoms with E-state index in [1.807, 2.05) is 66.7 Å². The maximum atomic E-state index is 13.1. The monoisotopic (exact) mass is 436 g/mol. The van der Waals surface area contributed by atoms with Gasteiger partial charge in [0.2, 0.25) is 0 Å². The second kappa shape index (κ2) is 10.8. The minimum absolute atomic E-state index is 0.261. The number of nitrogens with one attached hydrogen (secondary N) is 2. The minimum atomic E-state index is -0.345. The standard InChI is InChI=1S/C28H24N2O3/c31-27(29-19-21-11-3-1-4-12-21)23-15-7-9-17-25(23)30-28(32)24-16-8-10-18-26(24)33-20-22-13-5-2-6-14-22/h1-18H,19-20H2,(H,29,31)(H,30,32). The highest BCUT2D eigenvalue weighted by Gasteiger charge is 2.17. The van der Waals surface area contributed by atoms with Gasteiger partial charge in [-0.2, -0.15) is 0 Å². The van der Waals surface area contributed by atoms with Crippen molar-refractivity contribution < 1.29 is 14.3 Å². The topological polar surface area (TPSA) is 67.4 Å². The number of para-hydroxylation sites is 2. The van der Waals surface area contributed by atoms with Gasteiger partial charge in [-0.05, 0) is 35.4 Å². The first-order valence-electron chi connectivity index (χ1n) is 10.7. The van der Waals surface area contributed by atoms with E-state index < -0.39 is 0 Å². The Morgan fingerprint density at radius 2 is 1.18 bits per heavy atom. The number of amides is 2. The summed E-state index contributed by atoms with van der Waals surface area (Å²) in [6, 6.07) is 33.4. The molecule has 0 aliphatic heterocycles. The molecule has 33 heavy (non-hydrogen) atoms. The van der Waals surface area contributed by atoms with Gasteiger partial charge in [0, 0.05) is 6.54 Å². The third-order valence-corrected chi connectivity index (χ3v) is 5.08. The lowest BCUT2D eigenvalue weighted by Gasteiger charge is -2.14. The van der Waals surface area contributed by atoms with Gasteiger partial charge in [0.1, 0.15) is 12.4 Å². The average Bonchev–Trinajstić information content (AvgIpc) is 2.88. The highest BCUT2D eigenvalue weighted by atomic mass is 16.5. The van der Waals surface area contributed by atoms with Gasteiger partial charge in [0.05, 0.1) is 16.8 Å². The molecule has 4 rings (SSSR count). The molecular weight excluding hydrogens is 412 g/mol. The first-order chi connectivity index (χ1) is 16.2. The van der Waals surface area contributed by atoms with Crippen molar-refractivity contribution in [3.05, 3.63) is 131 Å². The van der Waals surface area contributed by atoms with E-state index in [2.05, 4.69) is 10.6 Å². The minimum Gasteiger partial charge on any atom is -0.488 e. The zero-order chi connectivity index (χ0) is 22.9. The zero-order valence-electron chi connectivity index (χ0n) is 18.0. The van der Waals surface area contributed by atoms with Crippen molar-refractivity contribution in [2.75, 3.05) is 5.32 Å². The van der Waals surface area contributed by atoms with E-state index >= 15 is 0 Å². The summed E-state index contributed by atoms with van der Waals surface area (Å²) in [6.07, 6.45) is 0. The molecular formula is C28H24N2O3. The summed E-state index contributed by atoms with van der Waals surface area (Å²) in [5, 5.41) is 5.77. The Bertz CT molecular complexity index is 1220. The Morgan fingerprint density at radius 3 is 1.91 bits per heavy atom. The maximum Gasteiger partial charge on any atom is 0.259 e.